The molecule has 0 unspecified atom stereocenters. The van der Waals surface area contributed by atoms with Crippen molar-refractivity contribution in [3.63, 3.8) is 0 Å². The third kappa shape index (κ3) is 7.08. The lowest BCUT2D eigenvalue weighted by molar-refractivity contribution is -0.149. The normalized spacial score (nSPS) is 14.8. The third-order valence-electron chi connectivity index (χ3n) is 5.32. The summed E-state index contributed by atoms with van der Waals surface area (Å²) in [6.07, 6.45) is -1.58. The van der Waals surface area contributed by atoms with Crippen molar-refractivity contribution in [1.29, 1.82) is 0 Å². The van der Waals surface area contributed by atoms with Gasteiger partial charge in [0.25, 0.3) is 5.91 Å². The number of hydrogen-bond donors (Lipinski definition) is 1. The van der Waals surface area contributed by atoms with Gasteiger partial charge in [-0.05, 0) is 54.8 Å². The maximum absolute atomic E-state index is 12.8. The van der Waals surface area contributed by atoms with Crippen LogP contribution in [0.2, 0.25) is 5.02 Å². The van der Waals surface area contributed by atoms with Crippen LogP contribution in [0.15, 0.2) is 54.6 Å². The van der Waals surface area contributed by atoms with E-state index in [4.69, 9.17) is 16.3 Å². The molecule has 6 nitrogen and oxygen atoms in total. The molecule has 10 heteroatoms. The summed E-state index contributed by atoms with van der Waals surface area (Å²) < 4.78 is 43.4. The highest BCUT2D eigenvalue weighted by atomic mass is 35.5. The quantitative estimate of drug-likeness (QED) is 0.462. The topological polar surface area (TPSA) is 75.7 Å². The maximum atomic E-state index is 12.8. The number of piperidine rings is 1. The van der Waals surface area contributed by atoms with E-state index in [-0.39, 0.29) is 22.4 Å². The summed E-state index contributed by atoms with van der Waals surface area (Å²) in [6, 6.07) is 11.8. The van der Waals surface area contributed by atoms with Crippen LogP contribution in [0.1, 0.15) is 24.0 Å². The Morgan fingerprint density at radius 1 is 1.09 bits per heavy atom. The third-order valence-corrected chi connectivity index (χ3v) is 5.66. The van der Waals surface area contributed by atoms with E-state index in [9.17, 15) is 27.6 Å². The number of amides is 2. The maximum Gasteiger partial charge on any atom is 0.416 e. The van der Waals surface area contributed by atoms with Gasteiger partial charge in [0.05, 0.1) is 5.56 Å². The zero-order chi connectivity index (χ0) is 24.7. The minimum atomic E-state index is -4.55. The molecule has 1 fully saturated rings. The fourth-order valence-corrected chi connectivity index (χ4v) is 3.62. The number of anilines is 1. The molecule has 0 bridgehead atoms. The zero-order valence-electron chi connectivity index (χ0n) is 18.0. The molecule has 1 saturated heterocycles. The van der Waals surface area contributed by atoms with Gasteiger partial charge in [0.15, 0.2) is 6.61 Å². The van der Waals surface area contributed by atoms with E-state index in [2.05, 4.69) is 5.32 Å². The first-order chi connectivity index (χ1) is 16.1. The second-order valence-corrected chi connectivity index (χ2v) is 8.09. The number of halogens is 4. The van der Waals surface area contributed by atoms with E-state index < -0.39 is 30.2 Å². The Morgan fingerprint density at radius 3 is 2.41 bits per heavy atom. The number of benzene rings is 2. The van der Waals surface area contributed by atoms with Crippen LogP contribution in [0.25, 0.3) is 6.08 Å². The van der Waals surface area contributed by atoms with Gasteiger partial charge in [0.2, 0.25) is 5.91 Å². The summed E-state index contributed by atoms with van der Waals surface area (Å²) in [7, 11) is 0. The van der Waals surface area contributed by atoms with Crippen LogP contribution in [0, 0.1) is 5.92 Å². The number of carbonyl (C=O) groups excluding carboxylic acids is 3. The van der Waals surface area contributed by atoms with E-state index in [0.29, 0.717) is 31.6 Å². The Kier molecular flexibility index (Phi) is 8.33. The minimum Gasteiger partial charge on any atom is -0.452 e. The monoisotopic (exact) mass is 494 g/mol. The Bertz CT molecular complexity index is 1070. The molecule has 1 aliphatic heterocycles. The molecule has 0 radical (unpaired) electrons. The predicted octanol–water partition coefficient (Wildman–Crippen LogP) is 4.79. The highest BCUT2D eigenvalue weighted by Gasteiger charge is 2.31. The Labute approximate surface area is 199 Å². The summed E-state index contributed by atoms with van der Waals surface area (Å²) in [5.74, 6) is -1.64. The average molecular weight is 495 g/mol. The minimum absolute atomic E-state index is 0.00406. The van der Waals surface area contributed by atoms with Gasteiger partial charge in [-0.1, -0.05) is 29.8 Å². The Hall–Kier alpha value is -3.33. The van der Waals surface area contributed by atoms with Crippen molar-refractivity contribution in [2.45, 2.75) is 19.0 Å². The molecule has 0 spiro atoms. The number of ether oxygens (including phenoxy) is 1. The number of nitrogens with zero attached hydrogens (tertiary/aromatic N) is 1. The number of esters is 1. The summed E-state index contributed by atoms with van der Waals surface area (Å²) in [6.45, 7) is 0.179. The molecule has 3 rings (SSSR count). The van der Waals surface area contributed by atoms with Crippen LogP contribution in [-0.2, 0) is 25.3 Å². The fourth-order valence-electron chi connectivity index (χ4n) is 3.43. The SMILES string of the molecule is O=C(/C=C/c1cc(C(F)(F)F)ccc1Cl)OCC(=O)N1CCC(C(=O)Nc2ccccc2)CC1. The zero-order valence-corrected chi connectivity index (χ0v) is 18.7. The molecule has 0 aliphatic carbocycles. The largest absolute Gasteiger partial charge is 0.452 e. The lowest BCUT2D eigenvalue weighted by atomic mass is 9.95. The number of alkyl halides is 3. The van der Waals surface area contributed by atoms with Gasteiger partial charge >= 0.3 is 12.1 Å². The number of rotatable bonds is 6. The van der Waals surface area contributed by atoms with E-state index in [0.717, 1.165) is 30.4 Å². The second-order valence-electron chi connectivity index (χ2n) is 7.69. The molecule has 2 aromatic rings. The van der Waals surface area contributed by atoms with Crippen LogP contribution in [0.5, 0.6) is 0 Å². The van der Waals surface area contributed by atoms with Gasteiger partial charge in [-0.3, -0.25) is 9.59 Å². The number of para-hydroxylation sites is 1. The molecule has 0 aromatic heterocycles. The summed E-state index contributed by atoms with van der Waals surface area (Å²) >= 11 is 5.88. The van der Waals surface area contributed by atoms with Crippen LogP contribution in [0.4, 0.5) is 18.9 Å². The number of carbonyl (C=O) groups is 3. The molecular weight excluding hydrogens is 473 g/mol. The predicted molar refractivity (Wildman–Crippen MR) is 121 cm³/mol. The van der Waals surface area contributed by atoms with Crippen LogP contribution >= 0.6 is 11.6 Å². The average Bonchev–Trinajstić information content (AvgIpc) is 2.82. The number of hydrogen-bond acceptors (Lipinski definition) is 4. The van der Waals surface area contributed by atoms with Crippen molar-refractivity contribution >= 4 is 41.1 Å². The van der Waals surface area contributed by atoms with Gasteiger partial charge in [0.1, 0.15) is 0 Å². The molecule has 1 heterocycles. The van der Waals surface area contributed by atoms with E-state index >= 15 is 0 Å². The Morgan fingerprint density at radius 2 is 1.76 bits per heavy atom. The molecule has 34 heavy (non-hydrogen) atoms. The first-order valence-electron chi connectivity index (χ1n) is 10.5. The number of nitrogens with one attached hydrogen (secondary N) is 1. The number of likely N-dealkylation sites (tertiary alicyclic amines) is 1. The van der Waals surface area contributed by atoms with E-state index in [1.807, 2.05) is 18.2 Å². The summed E-state index contributed by atoms with van der Waals surface area (Å²) in [5.41, 5.74) is -0.200. The summed E-state index contributed by atoms with van der Waals surface area (Å²) in [4.78, 5) is 38.1. The molecule has 1 N–H and O–H groups in total. The van der Waals surface area contributed by atoms with E-state index in [1.165, 1.54) is 4.90 Å². The van der Waals surface area contributed by atoms with Crippen molar-refractivity contribution in [1.82, 2.24) is 4.90 Å². The lowest BCUT2D eigenvalue weighted by Gasteiger charge is -2.31. The van der Waals surface area contributed by atoms with Gasteiger partial charge in [-0.25, -0.2) is 4.79 Å². The molecule has 2 aromatic carbocycles. The molecule has 0 atom stereocenters. The Balaban J connectivity index is 1.44. The van der Waals surface area contributed by atoms with Gasteiger partial charge in [-0.2, -0.15) is 13.2 Å². The lowest BCUT2D eigenvalue weighted by Crippen LogP contribution is -2.43. The van der Waals surface area contributed by atoms with Crippen LogP contribution in [0.3, 0.4) is 0 Å². The van der Waals surface area contributed by atoms with Crippen LogP contribution in [-0.4, -0.2) is 42.4 Å². The van der Waals surface area contributed by atoms with Crippen molar-refractivity contribution in [2.75, 3.05) is 25.0 Å². The van der Waals surface area contributed by atoms with Gasteiger partial charge in [-0.15, -0.1) is 0 Å². The van der Waals surface area contributed by atoms with Crippen molar-refractivity contribution in [3.05, 3.63) is 70.8 Å². The first kappa shape index (κ1) is 25.3. The standard InChI is InChI=1S/C24H22ClF3N2O4/c25-20-8-7-18(24(26,27)28)14-17(20)6-9-22(32)34-15-21(31)30-12-10-16(11-13-30)23(33)29-19-4-2-1-3-5-19/h1-9,14,16H,10-13,15H2,(H,29,33)/b9-6+. The smallest absolute Gasteiger partial charge is 0.416 e. The molecule has 180 valence electrons. The van der Waals surface area contributed by atoms with Gasteiger partial charge < -0.3 is 15.0 Å². The fraction of sp³-hybridized carbons (Fsp3) is 0.292. The van der Waals surface area contributed by atoms with Crippen molar-refractivity contribution in [3.8, 4) is 0 Å². The molecule has 0 saturated carbocycles. The highest BCUT2D eigenvalue weighted by molar-refractivity contribution is 6.32. The van der Waals surface area contributed by atoms with Crippen molar-refractivity contribution in [2.24, 2.45) is 5.92 Å². The second kappa shape index (κ2) is 11.2. The van der Waals surface area contributed by atoms with Gasteiger partial charge in [0, 0.05) is 35.8 Å². The van der Waals surface area contributed by atoms with E-state index in [1.54, 1.807) is 12.1 Å². The molecule has 1 aliphatic rings. The molecular formula is C24H22ClF3N2O4. The first-order valence-corrected chi connectivity index (χ1v) is 10.9. The summed E-state index contributed by atoms with van der Waals surface area (Å²) in [5, 5.41) is 2.88. The van der Waals surface area contributed by atoms with Crippen LogP contribution < -0.4 is 5.32 Å². The highest BCUT2D eigenvalue weighted by Crippen LogP contribution is 2.32. The van der Waals surface area contributed by atoms with Crippen molar-refractivity contribution < 1.29 is 32.3 Å². The molecule has 2 amide bonds.